The normalized spacial score (nSPS) is 12.2. The predicted molar refractivity (Wildman–Crippen MR) is 79.1 cm³/mol. The first kappa shape index (κ1) is 13.9. The molecule has 1 aromatic carbocycles. The molecule has 3 nitrogen and oxygen atoms in total. The van der Waals surface area contributed by atoms with E-state index < -0.39 is 0 Å². The fourth-order valence-corrected chi connectivity index (χ4v) is 2.73. The average molecular weight is 277 g/mol. The van der Waals surface area contributed by atoms with E-state index >= 15 is 0 Å². The average Bonchev–Trinajstić information content (AvgIpc) is 2.97. The van der Waals surface area contributed by atoms with Crippen LogP contribution < -0.4 is 15.2 Å². The highest BCUT2D eigenvalue weighted by atomic mass is 32.1. The molecule has 0 aliphatic carbocycles. The van der Waals surface area contributed by atoms with E-state index in [2.05, 4.69) is 17.5 Å². The molecule has 4 heteroatoms. The summed E-state index contributed by atoms with van der Waals surface area (Å²) < 4.78 is 10.5. The lowest BCUT2D eigenvalue weighted by Gasteiger charge is -2.14. The van der Waals surface area contributed by atoms with Crippen LogP contribution in [-0.4, -0.2) is 14.2 Å². The van der Waals surface area contributed by atoms with Crippen LogP contribution in [0.25, 0.3) is 0 Å². The molecular formula is C15H19NO2S. The minimum atomic E-state index is 0.0157. The number of rotatable bonds is 6. The molecule has 0 saturated heterocycles. The van der Waals surface area contributed by atoms with Gasteiger partial charge in [-0.3, -0.25) is 0 Å². The first-order valence-electron chi connectivity index (χ1n) is 6.24. The molecule has 0 fully saturated rings. The van der Waals surface area contributed by atoms with Crippen molar-refractivity contribution in [2.45, 2.75) is 18.9 Å². The van der Waals surface area contributed by atoms with E-state index in [-0.39, 0.29) is 6.04 Å². The summed E-state index contributed by atoms with van der Waals surface area (Å²) in [4.78, 5) is 1.37. The van der Waals surface area contributed by atoms with Gasteiger partial charge in [-0.25, -0.2) is 0 Å². The van der Waals surface area contributed by atoms with Crippen molar-refractivity contribution in [3.05, 3.63) is 46.2 Å². The molecule has 1 atom stereocenters. The van der Waals surface area contributed by atoms with Crippen LogP contribution in [0.15, 0.2) is 35.7 Å². The number of benzene rings is 1. The number of methoxy groups -OCH3 is 2. The highest BCUT2D eigenvalue weighted by Crippen LogP contribution is 2.30. The summed E-state index contributed by atoms with van der Waals surface area (Å²) in [5.41, 5.74) is 7.31. The molecule has 0 radical (unpaired) electrons. The van der Waals surface area contributed by atoms with Gasteiger partial charge in [-0.1, -0.05) is 12.1 Å². The van der Waals surface area contributed by atoms with E-state index in [4.69, 9.17) is 15.2 Å². The van der Waals surface area contributed by atoms with E-state index in [0.717, 1.165) is 29.9 Å². The minimum absolute atomic E-state index is 0.0157. The van der Waals surface area contributed by atoms with Crippen LogP contribution in [0, 0.1) is 0 Å². The second-order valence-corrected chi connectivity index (χ2v) is 5.37. The van der Waals surface area contributed by atoms with Gasteiger partial charge in [0.05, 0.1) is 14.2 Å². The third kappa shape index (κ3) is 3.49. The van der Waals surface area contributed by atoms with Gasteiger partial charge in [0.1, 0.15) is 0 Å². The summed E-state index contributed by atoms with van der Waals surface area (Å²) in [6.45, 7) is 0. The van der Waals surface area contributed by atoms with Gasteiger partial charge in [0.15, 0.2) is 11.5 Å². The Balaban J connectivity index is 2.04. The molecule has 1 heterocycles. The Hall–Kier alpha value is -1.52. The van der Waals surface area contributed by atoms with E-state index in [1.54, 1.807) is 25.6 Å². The maximum absolute atomic E-state index is 6.23. The van der Waals surface area contributed by atoms with Crippen molar-refractivity contribution in [3.8, 4) is 11.5 Å². The van der Waals surface area contributed by atoms with Gasteiger partial charge in [0.25, 0.3) is 0 Å². The van der Waals surface area contributed by atoms with Crippen molar-refractivity contribution in [2.24, 2.45) is 5.73 Å². The predicted octanol–water partition coefficient (Wildman–Crippen LogP) is 3.40. The van der Waals surface area contributed by atoms with Gasteiger partial charge < -0.3 is 15.2 Å². The van der Waals surface area contributed by atoms with Gasteiger partial charge in [0, 0.05) is 10.9 Å². The monoisotopic (exact) mass is 277 g/mol. The lowest BCUT2D eigenvalue weighted by atomic mass is 10.0. The summed E-state index contributed by atoms with van der Waals surface area (Å²) in [6, 6.07) is 10.1. The quantitative estimate of drug-likeness (QED) is 0.880. The number of aryl methyl sites for hydroxylation is 1. The largest absolute Gasteiger partial charge is 0.493 e. The fourth-order valence-electron chi connectivity index (χ4n) is 2.00. The van der Waals surface area contributed by atoms with Crippen molar-refractivity contribution in [1.82, 2.24) is 0 Å². The molecule has 2 rings (SSSR count). The zero-order valence-corrected chi connectivity index (χ0v) is 12.1. The summed E-state index contributed by atoms with van der Waals surface area (Å²) in [5.74, 6) is 1.46. The van der Waals surface area contributed by atoms with Crippen LogP contribution in [0.3, 0.4) is 0 Å². The second kappa shape index (κ2) is 6.59. The van der Waals surface area contributed by atoms with E-state index in [1.807, 2.05) is 18.2 Å². The van der Waals surface area contributed by atoms with Gasteiger partial charge in [-0.15, -0.1) is 11.3 Å². The van der Waals surface area contributed by atoms with Crippen LogP contribution in [0.5, 0.6) is 11.5 Å². The zero-order valence-electron chi connectivity index (χ0n) is 11.3. The van der Waals surface area contributed by atoms with Gasteiger partial charge in [-0.05, 0) is 42.0 Å². The number of thiophene rings is 1. The highest BCUT2D eigenvalue weighted by Gasteiger charge is 2.11. The number of hydrogen-bond acceptors (Lipinski definition) is 4. The Labute approximate surface area is 118 Å². The summed E-state index contributed by atoms with van der Waals surface area (Å²) in [6.07, 6.45) is 1.93. The first-order valence-corrected chi connectivity index (χ1v) is 7.12. The fraction of sp³-hybridized carbons (Fsp3) is 0.333. The smallest absolute Gasteiger partial charge is 0.161 e. The van der Waals surface area contributed by atoms with Crippen LogP contribution in [-0.2, 0) is 6.42 Å². The van der Waals surface area contributed by atoms with Crippen LogP contribution in [0.2, 0.25) is 0 Å². The second-order valence-electron chi connectivity index (χ2n) is 4.34. The lowest BCUT2D eigenvalue weighted by Crippen LogP contribution is -2.11. The maximum atomic E-state index is 6.23. The van der Waals surface area contributed by atoms with Crippen molar-refractivity contribution in [3.63, 3.8) is 0 Å². The Morgan fingerprint density at radius 1 is 1.16 bits per heavy atom. The van der Waals surface area contributed by atoms with E-state index in [9.17, 15) is 0 Å². The number of ether oxygens (including phenoxy) is 2. The third-order valence-corrected chi connectivity index (χ3v) is 4.05. The Morgan fingerprint density at radius 2 is 1.95 bits per heavy atom. The lowest BCUT2D eigenvalue weighted by molar-refractivity contribution is 0.354. The molecular weight excluding hydrogens is 258 g/mol. The van der Waals surface area contributed by atoms with Crippen LogP contribution in [0.1, 0.15) is 22.9 Å². The Bertz CT molecular complexity index is 511. The van der Waals surface area contributed by atoms with Crippen LogP contribution >= 0.6 is 11.3 Å². The van der Waals surface area contributed by atoms with E-state index in [1.165, 1.54) is 4.88 Å². The maximum Gasteiger partial charge on any atom is 0.161 e. The third-order valence-electron chi connectivity index (χ3n) is 3.12. The number of nitrogens with two attached hydrogens (primary N) is 1. The highest BCUT2D eigenvalue weighted by molar-refractivity contribution is 7.09. The van der Waals surface area contributed by atoms with Crippen molar-refractivity contribution in [2.75, 3.05) is 14.2 Å². The van der Waals surface area contributed by atoms with Crippen LogP contribution in [0.4, 0.5) is 0 Å². The Morgan fingerprint density at radius 3 is 2.58 bits per heavy atom. The molecule has 0 aliphatic rings. The van der Waals surface area contributed by atoms with Crippen molar-refractivity contribution in [1.29, 1.82) is 0 Å². The van der Waals surface area contributed by atoms with Gasteiger partial charge in [-0.2, -0.15) is 0 Å². The van der Waals surface area contributed by atoms with Gasteiger partial charge >= 0.3 is 0 Å². The minimum Gasteiger partial charge on any atom is -0.493 e. The molecule has 2 aromatic rings. The molecule has 0 spiro atoms. The Kier molecular flexibility index (Phi) is 4.82. The summed E-state index contributed by atoms with van der Waals surface area (Å²) in [5, 5.41) is 2.09. The van der Waals surface area contributed by atoms with Crippen molar-refractivity contribution >= 4 is 11.3 Å². The molecule has 1 unspecified atom stereocenters. The van der Waals surface area contributed by atoms with Crippen molar-refractivity contribution < 1.29 is 9.47 Å². The van der Waals surface area contributed by atoms with E-state index in [0.29, 0.717) is 0 Å². The molecule has 2 N–H and O–H groups in total. The molecule has 0 bridgehead atoms. The summed E-state index contributed by atoms with van der Waals surface area (Å²) >= 11 is 1.77. The zero-order chi connectivity index (χ0) is 13.7. The first-order chi connectivity index (χ1) is 9.24. The SMILES string of the molecule is COc1ccc(C(N)CCc2cccs2)cc1OC. The molecule has 0 aliphatic heterocycles. The number of hydrogen-bond donors (Lipinski definition) is 1. The molecule has 0 saturated carbocycles. The molecule has 1 aromatic heterocycles. The van der Waals surface area contributed by atoms with Gasteiger partial charge in [0.2, 0.25) is 0 Å². The molecule has 19 heavy (non-hydrogen) atoms. The standard InChI is InChI=1S/C15H19NO2S/c1-17-14-8-5-11(10-15(14)18-2)13(16)7-6-12-4-3-9-19-12/h3-5,8-10,13H,6-7,16H2,1-2H3. The molecule has 102 valence electrons. The topological polar surface area (TPSA) is 44.5 Å². The summed E-state index contributed by atoms with van der Waals surface area (Å²) in [7, 11) is 3.27. The molecule has 0 amide bonds.